The molecule has 0 radical (unpaired) electrons. The molecule has 7 rings (SSSR count). The van der Waals surface area contributed by atoms with Crippen molar-refractivity contribution in [1.29, 1.82) is 0 Å². The Morgan fingerprint density at radius 3 is 1.88 bits per heavy atom. The second-order valence-corrected chi connectivity index (χ2v) is 13.8. The summed E-state index contributed by atoms with van der Waals surface area (Å²) in [4.78, 5) is 18.6. The average molecular weight is 673 g/mol. The van der Waals surface area contributed by atoms with E-state index in [-0.39, 0.29) is 16.6 Å². The molecular formula is C43H48N2O5. The summed E-state index contributed by atoms with van der Waals surface area (Å²) in [6.45, 7) is 10.0. The molecule has 260 valence electrons. The highest BCUT2D eigenvalue weighted by Gasteiger charge is 2.24. The molecule has 2 atom stereocenters. The lowest BCUT2D eigenvalue weighted by atomic mass is 9.93. The third kappa shape index (κ3) is 7.44. The van der Waals surface area contributed by atoms with E-state index >= 15 is 0 Å². The summed E-state index contributed by atoms with van der Waals surface area (Å²) >= 11 is 0. The zero-order valence-electron chi connectivity index (χ0n) is 29.3. The molecule has 7 heteroatoms. The van der Waals surface area contributed by atoms with E-state index in [0.29, 0.717) is 47.8 Å². The maximum atomic E-state index is 13.5. The van der Waals surface area contributed by atoms with Crippen molar-refractivity contribution in [2.24, 2.45) is 0 Å². The second kappa shape index (κ2) is 15.5. The van der Waals surface area contributed by atoms with Gasteiger partial charge < -0.3 is 19.0 Å². The molecule has 4 aromatic carbocycles. The fourth-order valence-corrected chi connectivity index (χ4v) is 7.69. The second-order valence-electron chi connectivity index (χ2n) is 13.8. The highest BCUT2D eigenvalue weighted by Crippen LogP contribution is 2.33. The summed E-state index contributed by atoms with van der Waals surface area (Å²) in [7, 11) is 0. The number of nitrogens with zero attached hydrogens (tertiary/aromatic N) is 2. The highest BCUT2D eigenvalue weighted by molar-refractivity contribution is 5.88. The number of rotatable bonds is 13. The molecule has 2 aliphatic heterocycles. The first-order chi connectivity index (χ1) is 24.5. The van der Waals surface area contributed by atoms with Crippen molar-refractivity contribution in [2.75, 3.05) is 39.4 Å². The number of fused-ring (bicyclic) bond motifs is 3. The van der Waals surface area contributed by atoms with Gasteiger partial charge in [0.1, 0.15) is 34.5 Å². The Bertz CT molecular complexity index is 1970. The number of phenols is 1. The van der Waals surface area contributed by atoms with Gasteiger partial charge in [0.05, 0.1) is 18.8 Å². The van der Waals surface area contributed by atoms with Gasteiger partial charge in [0.15, 0.2) is 0 Å². The smallest absolute Gasteiger partial charge is 0.204 e. The summed E-state index contributed by atoms with van der Waals surface area (Å²) in [5, 5.41) is 11.0. The number of unbranched alkanes of at least 4 members (excludes halogenated alkanes) is 2. The number of aromatic hydroxyl groups is 1. The lowest BCUT2D eigenvalue weighted by molar-refractivity contribution is 0.188. The van der Waals surface area contributed by atoms with Gasteiger partial charge in [-0.2, -0.15) is 0 Å². The van der Waals surface area contributed by atoms with E-state index in [2.05, 4.69) is 72.2 Å². The predicted octanol–water partition coefficient (Wildman–Crippen LogP) is 8.72. The van der Waals surface area contributed by atoms with Crippen LogP contribution in [0.3, 0.4) is 0 Å². The fourth-order valence-electron chi connectivity index (χ4n) is 7.69. The van der Waals surface area contributed by atoms with Gasteiger partial charge >= 0.3 is 0 Å². The monoisotopic (exact) mass is 672 g/mol. The Morgan fingerprint density at radius 2 is 1.28 bits per heavy atom. The number of ether oxygens (including phenoxy) is 2. The maximum absolute atomic E-state index is 13.5. The molecule has 0 fully saturated rings. The summed E-state index contributed by atoms with van der Waals surface area (Å²) in [5.41, 5.74) is 6.95. The summed E-state index contributed by atoms with van der Waals surface area (Å²) in [6, 6.07) is 29.1. The van der Waals surface area contributed by atoms with Crippen LogP contribution >= 0.6 is 0 Å². The largest absolute Gasteiger partial charge is 0.507 e. The van der Waals surface area contributed by atoms with Crippen LogP contribution in [0.2, 0.25) is 0 Å². The molecule has 50 heavy (non-hydrogen) atoms. The van der Waals surface area contributed by atoms with Crippen LogP contribution in [0.5, 0.6) is 17.2 Å². The fraction of sp³-hybridized carbons (Fsp3) is 0.372. The van der Waals surface area contributed by atoms with E-state index in [0.717, 1.165) is 70.5 Å². The molecule has 1 aromatic heterocycles. The van der Waals surface area contributed by atoms with E-state index in [1.54, 1.807) is 6.07 Å². The summed E-state index contributed by atoms with van der Waals surface area (Å²) in [6.07, 6.45) is 7.62. The molecule has 7 nitrogen and oxygen atoms in total. The summed E-state index contributed by atoms with van der Waals surface area (Å²) < 4.78 is 17.9. The first kappa shape index (κ1) is 33.9. The van der Waals surface area contributed by atoms with Gasteiger partial charge in [-0.25, -0.2) is 0 Å². The van der Waals surface area contributed by atoms with Crippen molar-refractivity contribution in [1.82, 2.24) is 9.80 Å². The van der Waals surface area contributed by atoms with E-state index in [4.69, 9.17) is 13.9 Å². The topological polar surface area (TPSA) is 75.4 Å². The third-order valence-corrected chi connectivity index (χ3v) is 10.7. The van der Waals surface area contributed by atoms with Gasteiger partial charge in [-0.1, -0.05) is 60.7 Å². The van der Waals surface area contributed by atoms with Crippen LogP contribution in [0.4, 0.5) is 0 Å². The van der Waals surface area contributed by atoms with Crippen molar-refractivity contribution < 1.29 is 19.0 Å². The van der Waals surface area contributed by atoms with Crippen molar-refractivity contribution in [3.05, 3.63) is 124 Å². The van der Waals surface area contributed by atoms with Crippen LogP contribution in [-0.4, -0.2) is 54.3 Å². The van der Waals surface area contributed by atoms with Crippen molar-refractivity contribution in [2.45, 2.75) is 64.5 Å². The Kier molecular flexibility index (Phi) is 10.5. The molecular weight excluding hydrogens is 624 g/mol. The standard InChI is InChI=1S/C43H48N2O5/c1-30-37-13-5-3-11-32(37)19-23-44(30)21-7-9-25-48-35-17-15-34(16-18-35)39-29-50-41-28-36(27-40(46)42(41)43(39)47)49-26-10-8-22-45-24-20-33-12-4-6-14-38(33)31(45)2/h3-6,11-18,27-31,46H,7-10,19-26H2,1-2H3. The van der Waals surface area contributed by atoms with Gasteiger partial charge in [0.25, 0.3) is 0 Å². The number of phenolic OH excluding ortho intramolecular Hbond substituents is 1. The minimum absolute atomic E-state index is 0.142. The van der Waals surface area contributed by atoms with Crippen LogP contribution in [0.25, 0.3) is 22.1 Å². The Labute approximate surface area is 295 Å². The lowest BCUT2D eigenvalue weighted by Gasteiger charge is -2.35. The van der Waals surface area contributed by atoms with Crippen LogP contribution in [0.15, 0.2) is 100 Å². The van der Waals surface area contributed by atoms with Crippen molar-refractivity contribution in [3.63, 3.8) is 0 Å². The Hall–Kier alpha value is -4.59. The molecule has 0 spiro atoms. The minimum atomic E-state index is -0.282. The molecule has 0 bridgehead atoms. The molecule has 2 aliphatic rings. The highest BCUT2D eigenvalue weighted by atomic mass is 16.5. The normalized spacial score (nSPS) is 17.7. The van der Waals surface area contributed by atoms with Gasteiger partial charge in [-0.3, -0.25) is 14.6 Å². The van der Waals surface area contributed by atoms with Crippen molar-refractivity contribution >= 4 is 11.0 Å². The summed E-state index contributed by atoms with van der Waals surface area (Å²) in [5.74, 6) is 1.11. The minimum Gasteiger partial charge on any atom is -0.507 e. The quantitative estimate of drug-likeness (QED) is 0.125. The first-order valence-corrected chi connectivity index (χ1v) is 18.2. The van der Waals surface area contributed by atoms with Gasteiger partial charge in [-0.15, -0.1) is 0 Å². The molecule has 2 unspecified atom stereocenters. The zero-order valence-corrected chi connectivity index (χ0v) is 29.3. The molecule has 0 amide bonds. The predicted molar refractivity (Wildman–Crippen MR) is 199 cm³/mol. The first-order valence-electron chi connectivity index (χ1n) is 18.2. The average Bonchev–Trinajstić information content (AvgIpc) is 3.13. The van der Waals surface area contributed by atoms with Crippen LogP contribution in [0, 0.1) is 0 Å². The SMILES string of the molecule is CC1c2ccccc2CCN1CCCCOc1ccc(-c2coc3cc(OCCCCN4CCc5ccccc5C4C)cc(O)c3c2=O)cc1. The van der Waals surface area contributed by atoms with Gasteiger partial charge in [0.2, 0.25) is 5.43 Å². The van der Waals surface area contributed by atoms with Gasteiger partial charge in [0, 0.05) is 37.3 Å². The van der Waals surface area contributed by atoms with E-state index in [1.807, 2.05) is 24.3 Å². The maximum Gasteiger partial charge on any atom is 0.204 e. The molecule has 0 saturated heterocycles. The molecule has 1 N–H and O–H groups in total. The Morgan fingerprint density at radius 1 is 0.720 bits per heavy atom. The van der Waals surface area contributed by atoms with Crippen LogP contribution in [-0.2, 0) is 12.8 Å². The Balaban J connectivity index is 0.876. The van der Waals surface area contributed by atoms with Crippen LogP contribution < -0.4 is 14.9 Å². The zero-order chi connectivity index (χ0) is 34.5. The number of hydrogen-bond acceptors (Lipinski definition) is 7. The van der Waals surface area contributed by atoms with E-state index in [9.17, 15) is 9.90 Å². The van der Waals surface area contributed by atoms with E-state index in [1.165, 1.54) is 34.6 Å². The number of hydrogen-bond donors (Lipinski definition) is 1. The van der Waals surface area contributed by atoms with Crippen molar-refractivity contribution in [3.8, 4) is 28.4 Å². The molecule has 3 heterocycles. The van der Waals surface area contributed by atoms with Gasteiger partial charge in [-0.05, 0) is 105 Å². The third-order valence-electron chi connectivity index (χ3n) is 10.7. The molecule has 5 aromatic rings. The van der Waals surface area contributed by atoms with E-state index < -0.39 is 0 Å². The molecule has 0 aliphatic carbocycles. The molecule has 0 saturated carbocycles. The van der Waals surface area contributed by atoms with Crippen LogP contribution in [0.1, 0.15) is 73.9 Å². The lowest BCUT2D eigenvalue weighted by Crippen LogP contribution is -2.34. The number of benzene rings is 4.